The highest BCUT2D eigenvalue weighted by molar-refractivity contribution is 5.36. The molecule has 0 aliphatic rings. The molecular weight excluding hydrogens is 267 g/mol. The first-order chi connectivity index (χ1) is 10.1. The van der Waals surface area contributed by atoms with E-state index in [2.05, 4.69) is 6.92 Å². The number of aryl methyl sites for hydroxylation is 1. The van der Waals surface area contributed by atoms with Gasteiger partial charge in [0.25, 0.3) is 0 Å². The van der Waals surface area contributed by atoms with E-state index in [-0.39, 0.29) is 5.75 Å². The standard InChI is InChI=1S/C18H21FO2/c1-3-4-5-14-6-9-16(10-7-14)21-18-11-8-15(13(2)20)12-17(18)19/h6-13,20H,3-5H2,1-2H3/t13-/m0/s1. The molecule has 2 nitrogen and oxygen atoms in total. The van der Waals surface area contributed by atoms with Crippen LogP contribution in [0.1, 0.15) is 43.9 Å². The van der Waals surface area contributed by atoms with Gasteiger partial charge in [-0.05, 0) is 55.2 Å². The topological polar surface area (TPSA) is 29.5 Å². The molecule has 0 aliphatic heterocycles. The number of benzene rings is 2. The summed E-state index contributed by atoms with van der Waals surface area (Å²) in [7, 11) is 0. The molecule has 112 valence electrons. The Balaban J connectivity index is 2.07. The van der Waals surface area contributed by atoms with E-state index in [4.69, 9.17) is 4.74 Å². The molecule has 0 unspecified atom stereocenters. The first-order valence-electron chi connectivity index (χ1n) is 7.34. The van der Waals surface area contributed by atoms with Crippen molar-refractivity contribution in [3.8, 4) is 11.5 Å². The molecule has 2 rings (SSSR count). The van der Waals surface area contributed by atoms with Crippen LogP contribution in [-0.2, 0) is 6.42 Å². The third-order valence-electron chi connectivity index (χ3n) is 3.41. The molecular formula is C18H21FO2. The third kappa shape index (κ3) is 4.30. The summed E-state index contributed by atoms with van der Waals surface area (Å²) in [4.78, 5) is 0. The van der Waals surface area contributed by atoms with Crippen molar-refractivity contribution >= 4 is 0 Å². The van der Waals surface area contributed by atoms with Gasteiger partial charge in [0.05, 0.1) is 6.10 Å². The lowest BCUT2D eigenvalue weighted by Gasteiger charge is -2.10. The summed E-state index contributed by atoms with van der Waals surface area (Å²) < 4.78 is 19.5. The molecule has 3 heteroatoms. The van der Waals surface area contributed by atoms with E-state index in [0.717, 1.165) is 12.8 Å². The van der Waals surface area contributed by atoms with Crippen molar-refractivity contribution in [3.05, 3.63) is 59.4 Å². The molecule has 0 amide bonds. The lowest BCUT2D eigenvalue weighted by molar-refractivity contribution is 0.198. The van der Waals surface area contributed by atoms with Gasteiger partial charge in [0.2, 0.25) is 0 Å². The molecule has 2 aromatic carbocycles. The Bertz CT molecular complexity index is 576. The van der Waals surface area contributed by atoms with Gasteiger partial charge in [0.1, 0.15) is 5.75 Å². The van der Waals surface area contributed by atoms with Crippen LogP contribution in [0, 0.1) is 5.82 Å². The summed E-state index contributed by atoms with van der Waals surface area (Å²) in [6, 6.07) is 12.2. The van der Waals surface area contributed by atoms with Crippen molar-refractivity contribution < 1.29 is 14.2 Å². The van der Waals surface area contributed by atoms with Crippen LogP contribution in [0.3, 0.4) is 0 Å². The number of ether oxygens (including phenoxy) is 1. The highest BCUT2D eigenvalue weighted by Gasteiger charge is 2.09. The first kappa shape index (κ1) is 15.5. The Morgan fingerprint density at radius 1 is 1.14 bits per heavy atom. The first-order valence-corrected chi connectivity index (χ1v) is 7.34. The van der Waals surface area contributed by atoms with Crippen molar-refractivity contribution in [3.63, 3.8) is 0 Å². The molecule has 0 bridgehead atoms. The zero-order valence-corrected chi connectivity index (χ0v) is 12.5. The van der Waals surface area contributed by atoms with Crippen molar-refractivity contribution in [1.29, 1.82) is 0 Å². The lowest BCUT2D eigenvalue weighted by Crippen LogP contribution is -1.94. The van der Waals surface area contributed by atoms with Crippen LogP contribution in [0.2, 0.25) is 0 Å². The van der Waals surface area contributed by atoms with Crippen molar-refractivity contribution in [1.82, 2.24) is 0 Å². The van der Waals surface area contributed by atoms with Gasteiger partial charge in [-0.15, -0.1) is 0 Å². The van der Waals surface area contributed by atoms with Gasteiger partial charge in [-0.1, -0.05) is 31.5 Å². The van der Waals surface area contributed by atoms with E-state index in [1.165, 1.54) is 18.1 Å². The van der Waals surface area contributed by atoms with Crippen molar-refractivity contribution in [2.75, 3.05) is 0 Å². The number of hydrogen-bond acceptors (Lipinski definition) is 2. The lowest BCUT2D eigenvalue weighted by atomic mass is 10.1. The van der Waals surface area contributed by atoms with E-state index in [0.29, 0.717) is 11.3 Å². The number of unbranched alkanes of at least 4 members (excludes halogenated alkanes) is 1. The van der Waals surface area contributed by atoms with Gasteiger partial charge in [-0.3, -0.25) is 0 Å². The Hall–Kier alpha value is -1.87. The fraction of sp³-hybridized carbons (Fsp3) is 0.333. The number of aliphatic hydroxyl groups is 1. The summed E-state index contributed by atoms with van der Waals surface area (Å²) in [5, 5.41) is 9.42. The van der Waals surface area contributed by atoms with E-state index >= 15 is 0 Å². The summed E-state index contributed by atoms with van der Waals surface area (Å²) in [6.45, 7) is 3.77. The normalized spacial score (nSPS) is 12.2. The molecule has 21 heavy (non-hydrogen) atoms. The molecule has 1 atom stereocenters. The maximum atomic E-state index is 13.9. The number of aliphatic hydroxyl groups excluding tert-OH is 1. The molecule has 0 radical (unpaired) electrons. The Morgan fingerprint density at radius 2 is 1.86 bits per heavy atom. The van der Waals surface area contributed by atoms with Gasteiger partial charge < -0.3 is 9.84 Å². The second-order valence-electron chi connectivity index (χ2n) is 5.22. The summed E-state index contributed by atoms with van der Waals surface area (Å²) in [6.07, 6.45) is 2.69. The minimum atomic E-state index is -0.689. The Labute approximate surface area is 125 Å². The molecule has 0 aliphatic carbocycles. The largest absolute Gasteiger partial charge is 0.454 e. The number of hydrogen-bond donors (Lipinski definition) is 1. The SMILES string of the molecule is CCCCc1ccc(Oc2ccc([C@H](C)O)cc2F)cc1. The van der Waals surface area contributed by atoms with Crippen molar-refractivity contribution in [2.45, 2.75) is 39.2 Å². The highest BCUT2D eigenvalue weighted by Crippen LogP contribution is 2.27. The average molecular weight is 288 g/mol. The monoisotopic (exact) mass is 288 g/mol. The summed E-state index contributed by atoms with van der Waals surface area (Å²) in [5.41, 5.74) is 1.80. The van der Waals surface area contributed by atoms with E-state index in [1.807, 2.05) is 24.3 Å². The zero-order valence-electron chi connectivity index (χ0n) is 12.5. The second kappa shape index (κ2) is 7.23. The quantitative estimate of drug-likeness (QED) is 0.809. The molecule has 0 fully saturated rings. The van der Waals surface area contributed by atoms with Crippen LogP contribution in [0.25, 0.3) is 0 Å². The van der Waals surface area contributed by atoms with Gasteiger partial charge in [0, 0.05) is 0 Å². The fourth-order valence-corrected chi connectivity index (χ4v) is 2.09. The second-order valence-corrected chi connectivity index (χ2v) is 5.22. The summed E-state index contributed by atoms with van der Waals surface area (Å²) in [5.74, 6) is 0.308. The highest BCUT2D eigenvalue weighted by atomic mass is 19.1. The van der Waals surface area contributed by atoms with Gasteiger partial charge in [-0.2, -0.15) is 0 Å². The molecule has 2 aromatic rings. The van der Waals surface area contributed by atoms with Crippen molar-refractivity contribution in [2.24, 2.45) is 0 Å². The van der Waals surface area contributed by atoms with Crippen LogP contribution in [0.4, 0.5) is 4.39 Å². The van der Waals surface area contributed by atoms with Gasteiger partial charge in [-0.25, -0.2) is 4.39 Å². The molecule has 0 aromatic heterocycles. The van der Waals surface area contributed by atoms with E-state index in [9.17, 15) is 9.50 Å². The molecule has 0 spiro atoms. The molecule has 0 heterocycles. The Morgan fingerprint density at radius 3 is 2.43 bits per heavy atom. The summed E-state index contributed by atoms with van der Waals surface area (Å²) >= 11 is 0. The molecule has 0 saturated carbocycles. The minimum absolute atomic E-state index is 0.167. The van der Waals surface area contributed by atoms with Crippen LogP contribution < -0.4 is 4.74 Å². The molecule has 0 saturated heterocycles. The van der Waals surface area contributed by atoms with Crippen LogP contribution in [0.15, 0.2) is 42.5 Å². The van der Waals surface area contributed by atoms with E-state index < -0.39 is 11.9 Å². The number of halogens is 1. The minimum Gasteiger partial charge on any atom is -0.454 e. The van der Waals surface area contributed by atoms with Gasteiger partial charge in [0.15, 0.2) is 11.6 Å². The fourth-order valence-electron chi connectivity index (χ4n) is 2.09. The smallest absolute Gasteiger partial charge is 0.166 e. The zero-order chi connectivity index (χ0) is 15.2. The maximum absolute atomic E-state index is 13.9. The molecule has 1 N–H and O–H groups in total. The van der Waals surface area contributed by atoms with Crippen LogP contribution in [-0.4, -0.2) is 5.11 Å². The number of rotatable bonds is 6. The predicted octanol–water partition coefficient (Wildman–Crippen LogP) is 5.01. The maximum Gasteiger partial charge on any atom is 0.166 e. The van der Waals surface area contributed by atoms with E-state index in [1.54, 1.807) is 19.1 Å². The van der Waals surface area contributed by atoms with Crippen LogP contribution in [0.5, 0.6) is 11.5 Å². The third-order valence-corrected chi connectivity index (χ3v) is 3.41. The van der Waals surface area contributed by atoms with Gasteiger partial charge >= 0.3 is 0 Å². The average Bonchev–Trinajstić information content (AvgIpc) is 2.48. The Kier molecular flexibility index (Phi) is 5.34. The van der Waals surface area contributed by atoms with Crippen LogP contribution >= 0.6 is 0 Å². The predicted molar refractivity (Wildman–Crippen MR) is 82.2 cm³/mol.